The van der Waals surface area contributed by atoms with Crippen LogP contribution in [-0.2, 0) is 22.9 Å². The van der Waals surface area contributed by atoms with Crippen LogP contribution in [0.25, 0.3) is 0 Å². The third-order valence-corrected chi connectivity index (χ3v) is 15.1. The van der Waals surface area contributed by atoms with Gasteiger partial charge in [-0.2, -0.15) is 0 Å². The molecule has 0 nitrogen and oxygen atoms in total. The predicted molar refractivity (Wildman–Crippen MR) is 85.6 cm³/mol. The monoisotopic (exact) mass is 436 g/mol. The summed E-state index contributed by atoms with van der Waals surface area (Å²) in [6.45, 7) is 21.3. The van der Waals surface area contributed by atoms with Crippen LogP contribution in [0.1, 0.15) is 62.3 Å². The molecule has 20 heavy (non-hydrogen) atoms. The van der Waals surface area contributed by atoms with Crippen LogP contribution >= 0.6 is 0 Å². The van der Waals surface area contributed by atoms with E-state index in [-0.39, 0.29) is 0 Å². The van der Waals surface area contributed by atoms with E-state index in [1.807, 2.05) is 0 Å². The van der Waals surface area contributed by atoms with Gasteiger partial charge in [0.1, 0.15) is 0 Å². The fourth-order valence-corrected chi connectivity index (χ4v) is 11.8. The van der Waals surface area contributed by atoms with Crippen molar-refractivity contribution in [1.82, 2.24) is 0 Å². The third-order valence-electron chi connectivity index (χ3n) is 6.23. The van der Waals surface area contributed by atoms with E-state index in [4.69, 9.17) is 0 Å². The zero-order valence-corrected chi connectivity index (χ0v) is 18.2. The average Bonchev–Trinajstić information content (AvgIpc) is 2.68. The fraction of sp³-hybridized carbons (Fsp3) is 0.579. The normalized spacial score (nSPS) is 23.6. The first-order valence-corrected chi connectivity index (χ1v) is 11.5. The van der Waals surface area contributed by atoms with E-state index in [9.17, 15) is 0 Å². The van der Waals surface area contributed by atoms with Gasteiger partial charge >= 0.3 is 137 Å². The molecule has 0 aromatic carbocycles. The Morgan fingerprint density at radius 2 is 1.00 bits per heavy atom. The van der Waals surface area contributed by atoms with Crippen LogP contribution in [-0.4, -0.2) is 0 Å². The maximum atomic E-state index is 2.53. The Bertz CT molecular complexity index is 545. The molecule has 0 spiro atoms. The molecule has 0 saturated carbocycles. The number of hydrogen-bond donors (Lipinski definition) is 0. The van der Waals surface area contributed by atoms with E-state index >= 15 is 0 Å². The average molecular weight is 435 g/mol. The van der Waals surface area contributed by atoms with Crippen LogP contribution in [0, 0.1) is 0 Å². The summed E-state index contributed by atoms with van der Waals surface area (Å²) in [7, 11) is 0. The van der Waals surface area contributed by atoms with Gasteiger partial charge < -0.3 is 0 Å². The SMILES string of the molecule is CC1=C(C)[CH]([Hf][C]2(C)C(C)=C(C)C(C)=C2C)C(C)=C1C. The Balaban J connectivity index is 2.42. The molecule has 0 radical (unpaired) electrons. The molecule has 0 N–H and O–H groups in total. The summed E-state index contributed by atoms with van der Waals surface area (Å²) in [6.07, 6.45) is 0. The van der Waals surface area contributed by atoms with Gasteiger partial charge in [0.2, 0.25) is 0 Å². The van der Waals surface area contributed by atoms with Crippen LogP contribution in [0.4, 0.5) is 0 Å². The van der Waals surface area contributed by atoms with Crippen LogP contribution in [0.5, 0.6) is 0 Å². The summed E-state index contributed by atoms with van der Waals surface area (Å²) in [4.78, 5) is 0. The zero-order valence-electron chi connectivity index (χ0n) is 14.6. The summed E-state index contributed by atoms with van der Waals surface area (Å²) in [6, 6.07) is 0. The third kappa shape index (κ3) is 2.12. The van der Waals surface area contributed by atoms with Gasteiger partial charge in [0.25, 0.3) is 0 Å². The molecular formula is C19H28Hf. The van der Waals surface area contributed by atoms with Crippen LogP contribution in [0.15, 0.2) is 44.6 Å². The molecule has 108 valence electrons. The molecule has 0 aromatic rings. The van der Waals surface area contributed by atoms with Crippen LogP contribution in [0.2, 0.25) is 6.85 Å². The van der Waals surface area contributed by atoms with Gasteiger partial charge in [0, 0.05) is 0 Å². The molecule has 0 saturated heterocycles. The number of allylic oxidation sites excluding steroid dienone is 8. The van der Waals surface area contributed by atoms with Gasteiger partial charge in [-0.3, -0.25) is 0 Å². The van der Waals surface area contributed by atoms with Crippen molar-refractivity contribution in [2.75, 3.05) is 0 Å². The minimum absolute atomic E-state index is 0.437. The molecule has 0 amide bonds. The predicted octanol–water partition coefficient (Wildman–Crippen LogP) is 6.41. The summed E-state index contributed by atoms with van der Waals surface area (Å²) in [5, 5.41) is 0. The van der Waals surface area contributed by atoms with Crippen molar-refractivity contribution in [3.63, 3.8) is 0 Å². The van der Waals surface area contributed by atoms with Gasteiger partial charge in [-0.05, 0) is 0 Å². The van der Waals surface area contributed by atoms with Crippen molar-refractivity contribution < 1.29 is 22.9 Å². The second-order valence-corrected chi connectivity index (χ2v) is 13.5. The summed E-state index contributed by atoms with van der Waals surface area (Å²) in [5.74, 6) is 0. The molecule has 1 heteroatoms. The van der Waals surface area contributed by atoms with Gasteiger partial charge in [-0.15, -0.1) is 0 Å². The van der Waals surface area contributed by atoms with Crippen molar-refractivity contribution in [3.8, 4) is 0 Å². The molecule has 0 bridgehead atoms. The first-order valence-electron chi connectivity index (χ1n) is 7.62. The molecule has 0 aliphatic heterocycles. The summed E-state index contributed by atoms with van der Waals surface area (Å²) >= 11 is -0.884. The van der Waals surface area contributed by atoms with E-state index in [1.54, 1.807) is 44.6 Å². The van der Waals surface area contributed by atoms with Crippen molar-refractivity contribution in [3.05, 3.63) is 44.6 Å². The van der Waals surface area contributed by atoms with E-state index < -0.39 is 22.9 Å². The Hall–Kier alpha value is -0.170. The molecule has 0 atom stereocenters. The quantitative estimate of drug-likeness (QED) is 0.440. The van der Waals surface area contributed by atoms with E-state index in [2.05, 4.69) is 62.3 Å². The van der Waals surface area contributed by atoms with Gasteiger partial charge in [-0.25, -0.2) is 0 Å². The minimum atomic E-state index is -0.884. The van der Waals surface area contributed by atoms with E-state index in [0.29, 0.717) is 3.17 Å². The molecule has 2 rings (SSSR count). The first-order chi connectivity index (χ1) is 9.12. The Morgan fingerprint density at radius 1 is 0.650 bits per heavy atom. The molecule has 0 unspecified atom stereocenters. The number of rotatable bonds is 2. The van der Waals surface area contributed by atoms with Crippen molar-refractivity contribution >= 4 is 0 Å². The zero-order chi connectivity index (χ0) is 15.4. The van der Waals surface area contributed by atoms with Crippen molar-refractivity contribution in [1.29, 1.82) is 0 Å². The molecule has 0 heterocycles. The second-order valence-electron chi connectivity index (χ2n) is 6.82. The van der Waals surface area contributed by atoms with Gasteiger partial charge in [0.05, 0.1) is 0 Å². The van der Waals surface area contributed by atoms with Crippen molar-refractivity contribution in [2.45, 2.75) is 69.2 Å². The molecular weight excluding hydrogens is 407 g/mol. The number of hydrogen-bond acceptors (Lipinski definition) is 0. The van der Waals surface area contributed by atoms with E-state index in [1.165, 1.54) is 0 Å². The summed E-state index contributed by atoms with van der Waals surface area (Å²) in [5.41, 5.74) is 12.9. The van der Waals surface area contributed by atoms with Gasteiger partial charge in [0.15, 0.2) is 0 Å². The first kappa shape index (κ1) is 16.2. The standard InChI is InChI=1S/C10H15.C9H13.Hf/c1-6-7(2)9(4)10(5)8(6)3;1-6-5-7(2)9(4)8(6)3;/h1-5H3;5H,1-4H3;. The Morgan fingerprint density at radius 3 is 1.35 bits per heavy atom. The summed E-state index contributed by atoms with van der Waals surface area (Å²) < 4.78 is 1.26. The Labute approximate surface area is 136 Å². The molecule has 2 aliphatic rings. The van der Waals surface area contributed by atoms with Crippen molar-refractivity contribution in [2.24, 2.45) is 0 Å². The maximum absolute atomic E-state index is 2.53. The van der Waals surface area contributed by atoms with Gasteiger partial charge in [-0.1, -0.05) is 0 Å². The molecule has 0 fully saturated rings. The fourth-order valence-electron chi connectivity index (χ4n) is 3.66. The van der Waals surface area contributed by atoms with Crippen LogP contribution in [0.3, 0.4) is 0 Å². The second kappa shape index (κ2) is 5.23. The van der Waals surface area contributed by atoms with E-state index in [0.717, 1.165) is 3.67 Å². The topological polar surface area (TPSA) is 0 Å². The molecule has 0 aromatic heterocycles. The van der Waals surface area contributed by atoms with Crippen LogP contribution < -0.4 is 0 Å². The Kier molecular flexibility index (Phi) is 4.24. The molecule has 2 aliphatic carbocycles.